The van der Waals surface area contributed by atoms with E-state index in [4.69, 9.17) is 0 Å². The molecule has 0 bridgehead atoms. The average molecular weight is 374 g/mol. The number of amides is 1. The van der Waals surface area contributed by atoms with Gasteiger partial charge in [-0.2, -0.15) is 5.10 Å². The lowest BCUT2D eigenvalue weighted by Gasteiger charge is -2.21. The van der Waals surface area contributed by atoms with Crippen molar-refractivity contribution in [3.05, 3.63) is 35.0 Å². The number of hydrogen-bond donors (Lipinski definition) is 0. The van der Waals surface area contributed by atoms with E-state index in [1.165, 1.54) is 11.3 Å². The molecule has 0 aliphatic carbocycles. The summed E-state index contributed by atoms with van der Waals surface area (Å²) in [5, 5.41) is 9.84. The SMILES string of the molecule is Cn1cc(-c2nc(C(=O)N3CCCN(c4nccs4)CC3)cs2)cn1. The Morgan fingerprint density at radius 1 is 1.20 bits per heavy atom. The zero-order chi connectivity index (χ0) is 17.2. The first kappa shape index (κ1) is 16.2. The minimum absolute atomic E-state index is 0.00683. The molecule has 1 fully saturated rings. The Hall–Kier alpha value is -2.26. The summed E-state index contributed by atoms with van der Waals surface area (Å²) < 4.78 is 1.74. The van der Waals surface area contributed by atoms with Crippen LogP contribution in [0, 0.1) is 0 Å². The van der Waals surface area contributed by atoms with Crippen molar-refractivity contribution in [3.8, 4) is 10.6 Å². The highest BCUT2D eigenvalue weighted by molar-refractivity contribution is 7.13. The van der Waals surface area contributed by atoms with Crippen molar-refractivity contribution in [2.24, 2.45) is 7.05 Å². The maximum Gasteiger partial charge on any atom is 0.273 e. The van der Waals surface area contributed by atoms with Gasteiger partial charge in [0.25, 0.3) is 5.91 Å². The van der Waals surface area contributed by atoms with E-state index in [1.807, 2.05) is 35.1 Å². The predicted molar refractivity (Wildman–Crippen MR) is 99.2 cm³/mol. The quantitative estimate of drug-likeness (QED) is 0.704. The van der Waals surface area contributed by atoms with E-state index in [0.29, 0.717) is 12.2 Å². The predicted octanol–water partition coefficient (Wildman–Crippen LogP) is 2.35. The van der Waals surface area contributed by atoms with E-state index in [-0.39, 0.29) is 5.91 Å². The molecule has 1 amide bonds. The van der Waals surface area contributed by atoms with E-state index in [2.05, 4.69) is 20.0 Å². The molecular weight excluding hydrogens is 356 g/mol. The molecule has 0 saturated carbocycles. The summed E-state index contributed by atoms with van der Waals surface area (Å²) in [6.07, 6.45) is 6.43. The number of aromatic nitrogens is 4. The van der Waals surface area contributed by atoms with E-state index < -0.39 is 0 Å². The molecule has 0 aromatic carbocycles. The third kappa shape index (κ3) is 3.42. The molecule has 3 aromatic rings. The highest BCUT2D eigenvalue weighted by Gasteiger charge is 2.23. The molecule has 0 N–H and O–H groups in total. The highest BCUT2D eigenvalue weighted by atomic mass is 32.1. The van der Waals surface area contributed by atoms with Crippen LogP contribution in [-0.4, -0.2) is 56.7 Å². The van der Waals surface area contributed by atoms with Crippen molar-refractivity contribution in [2.75, 3.05) is 31.1 Å². The summed E-state index contributed by atoms with van der Waals surface area (Å²) in [7, 11) is 1.87. The first-order chi connectivity index (χ1) is 12.2. The van der Waals surface area contributed by atoms with Crippen LogP contribution in [0.3, 0.4) is 0 Å². The van der Waals surface area contributed by atoms with Crippen LogP contribution in [-0.2, 0) is 7.05 Å². The molecule has 4 heterocycles. The van der Waals surface area contributed by atoms with Crippen molar-refractivity contribution in [1.29, 1.82) is 0 Å². The fourth-order valence-corrected chi connectivity index (χ4v) is 4.35. The first-order valence-corrected chi connectivity index (χ1v) is 9.85. The molecule has 0 radical (unpaired) electrons. The van der Waals surface area contributed by atoms with E-state index >= 15 is 0 Å². The minimum atomic E-state index is 0.00683. The lowest BCUT2D eigenvalue weighted by Crippen LogP contribution is -2.35. The maximum absolute atomic E-state index is 12.8. The van der Waals surface area contributed by atoms with Crippen LogP contribution in [0.5, 0.6) is 0 Å². The van der Waals surface area contributed by atoms with Gasteiger partial charge in [-0.15, -0.1) is 22.7 Å². The molecule has 0 atom stereocenters. The average Bonchev–Trinajstić information content (AvgIpc) is 3.34. The molecule has 1 saturated heterocycles. The van der Waals surface area contributed by atoms with E-state index in [0.717, 1.165) is 41.8 Å². The molecule has 3 aromatic heterocycles. The molecule has 7 nitrogen and oxygen atoms in total. The van der Waals surface area contributed by atoms with Crippen LogP contribution < -0.4 is 4.90 Å². The number of carbonyl (C=O) groups is 1. The third-order valence-corrected chi connectivity index (χ3v) is 5.87. The highest BCUT2D eigenvalue weighted by Crippen LogP contribution is 2.24. The number of nitrogens with zero attached hydrogens (tertiary/aromatic N) is 6. The Balaban J connectivity index is 1.45. The van der Waals surface area contributed by atoms with Crippen molar-refractivity contribution >= 4 is 33.7 Å². The molecule has 130 valence electrons. The van der Waals surface area contributed by atoms with Gasteiger partial charge in [-0.25, -0.2) is 9.97 Å². The summed E-state index contributed by atoms with van der Waals surface area (Å²) >= 11 is 3.12. The van der Waals surface area contributed by atoms with Crippen LogP contribution in [0.25, 0.3) is 10.6 Å². The summed E-state index contributed by atoms with van der Waals surface area (Å²) in [4.78, 5) is 25.9. The Morgan fingerprint density at radius 2 is 2.12 bits per heavy atom. The number of rotatable bonds is 3. The number of thiazole rings is 2. The number of anilines is 1. The number of aryl methyl sites for hydroxylation is 1. The van der Waals surface area contributed by atoms with E-state index in [1.54, 1.807) is 22.2 Å². The molecule has 0 spiro atoms. The lowest BCUT2D eigenvalue weighted by molar-refractivity contribution is 0.0762. The number of carbonyl (C=O) groups excluding carboxylic acids is 1. The molecule has 4 rings (SSSR count). The van der Waals surface area contributed by atoms with Gasteiger partial charge in [-0.3, -0.25) is 9.48 Å². The van der Waals surface area contributed by atoms with Gasteiger partial charge < -0.3 is 9.80 Å². The summed E-state index contributed by atoms with van der Waals surface area (Å²) in [6, 6.07) is 0. The molecule has 9 heteroatoms. The van der Waals surface area contributed by atoms with Gasteiger partial charge in [0, 0.05) is 61.9 Å². The van der Waals surface area contributed by atoms with Crippen molar-refractivity contribution in [3.63, 3.8) is 0 Å². The van der Waals surface area contributed by atoms with Crippen molar-refractivity contribution in [1.82, 2.24) is 24.6 Å². The summed E-state index contributed by atoms with van der Waals surface area (Å²) in [6.45, 7) is 3.17. The Kier molecular flexibility index (Phi) is 4.50. The summed E-state index contributed by atoms with van der Waals surface area (Å²) in [5.41, 5.74) is 1.46. The monoisotopic (exact) mass is 374 g/mol. The third-order valence-electron chi connectivity index (χ3n) is 4.15. The van der Waals surface area contributed by atoms with Gasteiger partial charge in [0.15, 0.2) is 5.13 Å². The molecule has 1 aliphatic heterocycles. The van der Waals surface area contributed by atoms with Gasteiger partial charge in [0.1, 0.15) is 10.7 Å². The normalized spacial score (nSPS) is 15.4. The second-order valence-electron chi connectivity index (χ2n) is 5.89. The van der Waals surface area contributed by atoms with Gasteiger partial charge in [-0.05, 0) is 6.42 Å². The van der Waals surface area contributed by atoms with Crippen molar-refractivity contribution in [2.45, 2.75) is 6.42 Å². The second kappa shape index (κ2) is 6.93. The zero-order valence-corrected chi connectivity index (χ0v) is 15.5. The Bertz CT molecular complexity index is 856. The van der Waals surface area contributed by atoms with Crippen LogP contribution in [0.15, 0.2) is 29.4 Å². The zero-order valence-electron chi connectivity index (χ0n) is 13.8. The largest absolute Gasteiger partial charge is 0.346 e. The minimum Gasteiger partial charge on any atom is -0.346 e. The Labute approximate surface area is 153 Å². The molecule has 0 unspecified atom stereocenters. The fraction of sp³-hybridized carbons (Fsp3) is 0.375. The fourth-order valence-electron chi connectivity index (χ4n) is 2.88. The van der Waals surface area contributed by atoms with Gasteiger partial charge in [0.2, 0.25) is 0 Å². The van der Waals surface area contributed by atoms with Gasteiger partial charge >= 0.3 is 0 Å². The standard InChI is InChI=1S/C16H18N6OS2/c1-20-10-12(9-18-20)14-19-13(11-25-14)15(23)21-4-2-5-22(7-6-21)16-17-3-8-24-16/h3,8-11H,2,4-7H2,1H3. The van der Waals surface area contributed by atoms with Gasteiger partial charge in [0.05, 0.1) is 6.20 Å². The van der Waals surface area contributed by atoms with E-state index in [9.17, 15) is 4.79 Å². The summed E-state index contributed by atoms with van der Waals surface area (Å²) in [5.74, 6) is 0.00683. The molecule has 25 heavy (non-hydrogen) atoms. The second-order valence-corrected chi connectivity index (χ2v) is 7.62. The van der Waals surface area contributed by atoms with Gasteiger partial charge in [-0.1, -0.05) is 0 Å². The molecule has 1 aliphatic rings. The van der Waals surface area contributed by atoms with Crippen LogP contribution in [0.1, 0.15) is 16.9 Å². The van der Waals surface area contributed by atoms with Crippen LogP contribution >= 0.6 is 22.7 Å². The lowest BCUT2D eigenvalue weighted by atomic mass is 10.3. The topological polar surface area (TPSA) is 67.2 Å². The molecular formula is C16H18N6OS2. The smallest absolute Gasteiger partial charge is 0.273 e. The van der Waals surface area contributed by atoms with Crippen LogP contribution in [0.2, 0.25) is 0 Å². The Morgan fingerprint density at radius 3 is 2.88 bits per heavy atom. The maximum atomic E-state index is 12.8. The number of hydrogen-bond acceptors (Lipinski definition) is 7. The first-order valence-electron chi connectivity index (χ1n) is 8.09. The van der Waals surface area contributed by atoms with Crippen LogP contribution in [0.4, 0.5) is 5.13 Å². The van der Waals surface area contributed by atoms with Crippen molar-refractivity contribution < 1.29 is 4.79 Å².